The molecule has 0 fully saturated rings. The Morgan fingerprint density at radius 2 is 1.46 bits per heavy atom. The predicted molar refractivity (Wildman–Crippen MR) is 87.3 cm³/mol. The van der Waals surface area contributed by atoms with E-state index in [1.54, 1.807) is 24.3 Å². The normalized spacial score (nSPS) is 10.2. The van der Waals surface area contributed by atoms with Gasteiger partial charge in [0.05, 0.1) is 5.56 Å². The molecule has 1 N–H and O–H groups in total. The molecule has 0 heterocycles. The number of hydrogen-bond acceptors (Lipinski definition) is 2. The van der Waals surface area contributed by atoms with Gasteiger partial charge in [-0.25, -0.2) is 8.78 Å². The Bertz CT molecular complexity index is 849. The number of halogens is 2. The number of anilines is 1. The molecular weight excluding hydrogens is 312 g/mol. The van der Waals surface area contributed by atoms with Gasteiger partial charge in [0, 0.05) is 5.69 Å². The van der Waals surface area contributed by atoms with E-state index in [2.05, 4.69) is 5.32 Å². The van der Waals surface area contributed by atoms with Crippen LogP contribution >= 0.6 is 0 Å². The van der Waals surface area contributed by atoms with Crippen molar-refractivity contribution < 1.29 is 18.3 Å². The number of carbonyl (C=O) groups is 1. The van der Waals surface area contributed by atoms with Gasteiger partial charge in [0.15, 0.2) is 11.6 Å². The van der Waals surface area contributed by atoms with Gasteiger partial charge >= 0.3 is 0 Å². The lowest BCUT2D eigenvalue weighted by molar-refractivity contribution is 0.102. The smallest absolute Gasteiger partial charge is 0.258 e. The molecule has 0 spiro atoms. The number of amides is 1. The summed E-state index contributed by atoms with van der Waals surface area (Å²) in [4.78, 5) is 12.0. The highest BCUT2D eigenvalue weighted by molar-refractivity contribution is 6.04. The van der Waals surface area contributed by atoms with Crippen LogP contribution < -0.4 is 10.1 Å². The summed E-state index contributed by atoms with van der Waals surface area (Å²) in [6.07, 6.45) is 0. The molecule has 0 bridgehead atoms. The molecule has 0 aliphatic carbocycles. The topological polar surface area (TPSA) is 38.3 Å². The van der Waals surface area contributed by atoms with Crippen LogP contribution in [0.2, 0.25) is 0 Å². The van der Waals surface area contributed by atoms with Gasteiger partial charge in [0.1, 0.15) is 11.5 Å². The standard InChI is InChI=1S/C19H13F2NO2/c20-17-8-4-7-16(18(17)21)19(23)22-13-9-11-15(12-10-13)24-14-5-2-1-3-6-14/h1-12H,(H,22,23). The highest BCUT2D eigenvalue weighted by atomic mass is 19.2. The number of nitrogens with one attached hydrogen (secondary N) is 1. The van der Waals surface area contributed by atoms with Gasteiger partial charge in [-0.1, -0.05) is 24.3 Å². The van der Waals surface area contributed by atoms with E-state index in [-0.39, 0.29) is 5.56 Å². The molecule has 0 saturated carbocycles. The van der Waals surface area contributed by atoms with Gasteiger partial charge < -0.3 is 10.1 Å². The van der Waals surface area contributed by atoms with E-state index in [1.807, 2.05) is 30.3 Å². The van der Waals surface area contributed by atoms with Crippen molar-refractivity contribution in [2.24, 2.45) is 0 Å². The molecule has 0 atom stereocenters. The molecule has 0 aliphatic heterocycles. The lowest BCUT2D eigenvalue weighted by Crippen LogP contribution is -2.14. The summed E-state index contributed by atoms with van der Waals surface area (Å²) in [5.74, 6) is -1.66. The second kappa shape index (κ2) is 6.91. The second-order valence-electron chi connectivity index (χ2n) is 4.99. The molecule has 0 aromatic heterocycles. The van der Waals surface area contributed by atoms with E-state index in [0.717, 1.165) is 6.07 Å². The van der Waals surface area contributed by atoms with Crippen molar-refractivity contribution in [2.75, 3.05) is 5.32 Å². The zero-order chi connectivity index (χ0) is 16.9. The molecule has 0 aliphatic rings. The Morgan fingerprint density at radius 1 is 0.792 bits per heavy atom. The summed E-state index contributed by atoms with van der Waals surface area (Å²) < 4.78 is 32.4. The van der Waals surface area contributed by atoms with Crippen molar-refractivity contribution in [3.05, 3.63) is 90.0 Å². The Labute approximate surface area is 137 Å². The number of hydrogen-bond donors (Lipinski definition) is 1. The number of para-hydroxylation sites is 1. The highest BCUT2D eigenvalue weighted by Crippen LogP contribution is 2.23. The lowest BCUT2D eigenvalue weighted by Gasteiger charge is -2.08. The molecule has 5 heteroatoms. The van der Waals surface area contributed by atoms with Crippen LogP contribution in [0.15, 0.2) is 72.8 Å². The summed E-state index contributed by atoms with van der Waals surface area (Å²) >= 11 is 0. The summed E-state index contributed by atoms with van der Waals surface area (Å²) in [5.41, 5.74) is 0.101. The fourth-order valence-electron chi connectivity index (χ4n) is 2.11. The van der Waals surface area contributed by atoms with Crippen molar-refractivity contribution in [3.8, 4) is 11.5 Å². The van der Waals surface area contributed by atoms with Gasteiger partial charge in [-0.15, -0.1) is 0 Å². The van der Waals surface area contributed by atoms with Crippen LogP contribution in [0.4, 0.5) is 14.5 Å². The van der Waals surface area contributed by atoms with E-state index < -0.39 is 17.5 Å². The number of rotatable bonds is 4. The van der Waals surface area contributed by atoms with Crippen LogP contribution in [0.1, 0.15) is 10.4 Å². The molecule has 0 saturated heterocycles. The molecule has 3 aromatic carbocycles. The predicted octanol–water partition coefficient (Wildman–Crippen LogP) is 5.01. The van der Waals surface area contributed by atoms with E-state index in [0.29, 0.717) is 17.2 Å². The number of ether oxygens (including phenoxy) is 1. The number of carbonyl (C=O) groups excluding carboxylic acids is 1. The molecule has 1 amide bonds. The van der Waals surface area contributed by atoms with Crippen molar-refractivity contribution >= 4 is 11.6 Å². The molecule has 0 radical (unpaired) electrons. The van der Waals surface area contributed by atoms with Gasteiger partial charge in [-0.3, -0.25) is 4.79 Å². The Hall–Kier alpha value is -3.21. The maximum atomic E-state index is 13.6. The van der Waals surface area contributed by atoms with Crippen LogP contribution in [0.3, 0.4) is 0 Å². The average molecular weight is 325 g/mol. The van der Waals surface area contributed by atoms with Crippen molar-refractivity contribution in [3.63, 3.8) is 0 Å². The minimum atomic E-state index is -1.17. The zero-order valence-electron chi connectivity index (χ0n) is 12.5. The first kappa shape index (κ1) is 15.7. The van der Waals surface area contributed by atoms with E-state index in [1.165, 1.54) is 12.1 Å². The van der Waals surface area contributed by atoms with Crippen LogP contribution in [-0.2, 0) is 0 Å². The van der Waals surface area contributed by atoms with Crippen molar-refractivity contribution in [1.29, 1.82) is 0 Å². The lowest BCUT2D eigenvalue weighted by atomic mass is 10.2. The van der Waals surface area contributed by atoms with Crippen LogP contribution in [-0.4, -0.2) is 5.91 Å². The first-order valence-electron chi connectivity index (χ1n) is 7.22. The maximum Gasteiger partial charge on any atom is 0.258 e. The highest BCUT2D eigenvalue weighted by Gasteiger charge is 2.15. The van der Waals surface area contributed by atoms with Gasteiger partial charge in [0.2, 0.25) is 0 Å². The summed E-state index contributed by atoms with van der Waals surface area (Å²) in [5, 5.41) is 2.52. The van der Waals surface area contributed by atoms with Gasteiger partial charge in [-0.2, -0.15) is 0 Å². The van der Waals surface area contributed by atoms with Crippen LogP contribution in [0.5, 0.6) is 11.5 Å². The molecule has 24 heavy (non-hydrogen) atoms. The molecule has 0 unspecified atom stereocenters. The largest absolute Gasteiger partial charge is 0.457 e. The fraction of sp³-hybridized carbons (Fsp3) is 0. The summed E-state index contributed by atoms with van der Waals surface area (Å²) in [6.45, 7) is 0. The summed E-state index contributed by atoms with van der Waals surface area (Å²) in [6, 6.07) is 19.3. The minimum Gasteiger partial charge on any atom is -0.457 e. The third-order valence-corrected chi connectivity index (χ3v) is 3.29. The average Bonchev–Trinajstić information content (AvgIpc) is 2.60. The van der Waals surface area contributed by atoms with Crippen molar-refractivity contribution in [2.45, 2.75) is 0 Å². The van der Waals surface area contributed by atoms with Gasteiger partial charge in [-0.05, 0) is 48.5 Å². The van der Waals surface area contributed by atoms with Crippen LogP contribution in [0, 0.1) is 11.6 Å². The quantitative estimate of drug-likeness (QED) is 0.732. The van der Waals surface area contributed by atoms with E-state index in [4.69, 9.17) is 4.74 Å². The molecule has 120 valence electrons. The molecule has 3 nitrogen and oxygen atoms in total. The maximum absolute atomic E-state index is 13.6. The summed E-state index contributed by atoms with van der Waals surface area (Å²) in [7, 11) is 0. The monoisotopic (exact) mass is 325 g/mol. The van der Waals surface area contributed by atoms with E-state index in [9.17, 15) is 13.6 Å². The van der Waals surface area contributed by atoms with Crippen molar-refractivity contribution in [1.82, 2.24) is 0 Å². The Balaban J connectivity index is 1.70. The first-order chi connectivity index (χ1) is 11.6. The van der Waals surface area contributed by atoms with Gasteiger partial charge in [0.25, 0.3) is 5.91 Å². The third kappa shape index (κ3) is 3.57. The third-order valence-electron chi connectivity index (χ3n) is 3.29. The first-order valence-corrected chi connectivity index (χ1v) is 7.22. The molecule has 3 rings (SSSR count). The second-order valence-corrected chi connectivity index (χ2v) is 4.99. The minimum absolute atomic E-state index is 0.348. The van der Waals surface area contributed by atoms with Crippen LogP contribution in [0.25, 0.3) is 0 Å². The molecule has 3 aromatic rings. The fourth-order valence-corrected chi connectivity index (χ4v) is 2.11. The Kier molecular flexibility index (Phi) is 4.52. The SMILES string of the molecule is O=C(Nc1ccc(Oc2ccccc2)cc1)c1cccc(F)c1F. The number of benzene rings is 3. The van der Waals surface area contributed by atoms with E-state index >= 15 is 0 Å². The zero-order valence-corrected chi connectivity index (χ0v) is 12.5. The molecular formula is C19H13F2NO2. The Morgan fingerprint density at radius 3 is 2.17 bits per heavy atom.